The van der Waals surface area contributed by atoms with Gasteiger partial charge in [0.05, 0.1) is 0 Å². The molecule has 2 amide bonds. The molecule has 1 saturated heterocycles. The van der Waals surface area contributed by atoms with Crippen molar-refractivity contribution < 1.29 is 39.1 Å². The highest BCUT2D eigenvalue weighted by Crippen LogP contribution is 2.24. The molecule has 5 atom stereocenters. The fourth-order valence-electron chi connectivity index (χ4n) is 6.87. The van der Waals surface area contributed by atoms with Crippen molar-refractivity contribution in [3.63, 3.8) is 0 Å². The highest BCUT2D eigenvalue weighted by molar-refractivity contribution is 5.84. The molecule has 1 aliphatic rings. The van der Waals surface area contributed by atoms with Crippen LogP contribution in [0.5, 0.6) is 0 Å². The van der Waals surface area contributed by atoms with Crippen LogP contribution < -0.4 is 5.32 Å². The second kappa shape index (κ2) is 26.7. The molecule has 0 radical (unpaired) electrons. The first kappa shape index (κ1) is 44.4. The number of hydrogen-bond acceptors (Lipinski definition) is 8. The summed E-state index contributed by atoms with van der Waals surface area (Å²) in [7, 11) is 1.37. The first-order valence-corrected chi connectivity index (χ1v) is 20.4. The number of carbonyl (C=O) groups excluding carboxylic acids is 2. The van der Waals surface area contributed by atoms with Crippen LogP contribution in [-0.4, -0.2) is 83.1 Å². The van der Waals surface area contributed by atoms with Gasteiger partial charge in [0.25, 0.3) is 0 Å². The Morgan fingerprint density at radius 2 is 1.28 bits per heavy atom. The Bertz CT molecular complexity index is 1240. The molecule has 10 heteroatoms. The van der Waals surface area contributed by atoms with Gasteiger partial charge in [-0.05, 0) is 48.9 Å². The van der Waals surface area contributed by atoms with E-state index in [4.69, 9.17) is 14.2 Å². The number of aliphatic hydroxyl groups is 3. The molecule has 53 heavy (non-hydrogen) atoms. The highest BCUT2D eigenvalue weighted by atomic mass is 16.7. The predicted octanol–water partition coefficient (Wildman–Crippen LogP) is 8.30. The Morgan fingerprint density at radius 1 is 0.698 bits per heavy atom. The number of methoxy groups -OCH3 is 1. The minimum Gasteiger partial charge on any atom is -0.444 e. The van der Waals surface area contributed by atoms with E-state index in [1.165, 1.54) is 84.2 Å². The third-order valence-electron chi connectivity index (χ3n) is 10.2. The Morgan fingerprint density at radius 3 is 1.87 bits per heavy atom. The molecule has 0 spiro atoms. The summed E-state index contributed by atoms with van der Waals surface area (Å²) in [6, 6.07) is 17.1. The summed E-state index contributed by atoms with van der Waals surface area (Å²) >= 11 is 0. The fraction of sp³-hybridized carbons (Fsp3) is 0.674. The lowest BCUT2D eigenvalue weighted by Gasteiger charge is -2.41. The van der Waals surface area contributed by atoms with Crippen LogP contribution in [0.15, 0.2) is 54.6 Å². The largest absolute Gasteiger partial charge is 0.444 e. The van der Waals surface area contributed by atoms with Gasteiger partial charge < -0.3 is 34.4 Å². The van der Waals surface area contributed by atoms with Crippen LogP contribution in [0.4, 0.5) is 10.5 Å². The van der Waals surface area contributed by atoms with Crippen LogP contribution >= 0.6 is 0 Å². The number of amides is 2. The second-order valence-corrected chi connectivity index (χ2v) is 14.6. The van der Waals surface area contributed by atoms with Gasteiger partial charge in [0.15, 0.2) is 6.29 Å². The maximum absolute atomic E-state index is 13.5. The van der Waals surface area contributed by atoms with Crippen molar-refractivity contribution in [1.29, 1.82) is 0 Å². The third-order valence-corrected chi connectivity index (χ3v) is 10.2. The molecule has 3 rings (SSSR count). The molecule has 10 nitrogen and oxygen atoms in total. The van der Waals surface area contributed by atoms with Gasteiger partial charge >= 0.3 is 6.09 Å². The molecular formula is C43H68N2O8. The predicted molar refractivity (Wildman–Crippen MR) is 209 cm³/mol. The summed E-state index contributed by atoms with van der Waals surface area (Å²) in [5.41, 5.74) is 2.67. The van der Waals surface area contributed by atoms with Crippen LogP contribution in [0, 0.1) is 0 Å². The molecule has 0 aliphatic carbocycles. The summed E-state index contributed by atoms with van der Waals surface area (Å²) in [4.78, 5) is 27.4. The number of ether oxygens (including phenoxy) is 3. The number of nitrogens with zero attached hydrogens (tertiary/aromatic N) is 1. The minimum atomic E-state index is -1.44. The highest BCUT2D eigenvalue weighted by Gasteiger charge is 2.44. The zero-order valence-electron chi connectivity index (χ0n) is 32.5. The molecular weight excluding hydrogens is 672 g/mol. The number of hydrogen-bond donors (Lipinski definition) is 4. The summed E-state index contributed by atoms with van der Waals surface area (Å²) in [5, 5.41) is 34.1. The Kier molecular flexibility index (Phi) is 22.4. The standard InChI is InChI=1S/C43H68N2O8/c1-3-4-5-6-7-8-9-10-11-12-13-14-15-16-20-26-38(46)45(32-37-39(47)40(48)41(49)42(51-2)53-37)31-22-21-23-34-27-29-36(30-28-34)44-43(50)52-33-35-24-18-17-19-25-35/h17-19,24-25,27-30,37,39-42,47-49H,3-16,20-23,26,31-33H2,1-2H3,(H,44,50)/t37-,39-,40+,41-,42+/m1/s1. The first-order chi connectivity index (χ1) is 25.8. The zero-order valence-corrected chi connectivity index (χ0v) is 32.5. The van der Waals surface area contributed by atoms with Gasteiger partial charge in [-0.3, -0.25) is 10.1 Å². The van der Waals surface area contributed by atoms with Gasteiger partial charge in [-0.2, -0.15) is 0 Å². The Hall–Kier alpha value is -3.02. The van der Waals surface area contributed by atoms with Crippen molar-refractivity contribution in [2.45, 2.75) is 166 Å². The van der Waals surface area contributed by atoms with E-state index in [1.54, 1.807) is 4.90 Å². The molecule has 1 fully saturated rings. The fourth-order valence-corrected chi connectivity index (χ4v) is 6.87. The van der Waals surface area contributed by atoms with E-state index < -0.39 is 36.8 Å². The molecule has 2 aromatic carbocycles. The van der Waals surface area contributed by atoms with Crippen molar-refractivity contribution in [2.75, 3.05) is 25.5 Å². The monoisotopic (exact) mass is 740 g/mol. The number of unbranched alkanes of at least 4 members (excludes halogenated alkanes) is 15. The molecule has 298 valence electrons. The van der Waals surface area contributed by atoms with Crippen molar-refractivity contribution in [3.05, 3.63) is 65.7 Å². The molecule has 0 saturated carbocycles. The molecule has 1 aliphatic heterocycles. The second-order valence-electron chi connectivity index (χ2n) is 14.6. The first-order valence-electron chi connectivity index (χ1n) is 20.4. The zero-order chi connectivity index (χ0) is 38.1. The topological polar surface area (TPSA) is 138 Å². The molecule has 0 unspecified atom stereocenters. The number of rotatable bonds is 27. The average molecular weight is 741 g/mol. The lowest BCUT2D eigenvalue weighted by Crippen LogP contribution is -2.60. The van der Waals surface area contributed by atoms with Gasteiger partial charge in [0, 0.05) is 32.3 Å². The lowest BCUT2D eigenvalue weighted by molar-refractivity contribution is -0.291. The van der Waals surface area contributed by atoms with E-state index in [0.29, 0.717) is 18.7 Å². The number of aryl methyl sites for hydroxylation is 1. The number of benzene rings is 2. The maximum atomic E-state index is 13.5. The minimum absolute atomic E-state index is 0.000324. The SMILES string of the molecule is CCCCCCCCCCCCCCCCCC(=O)N(CCCCc1ccc(NC(=O)OCc2ccccc2)cc1)C[C@H]1O[C@H](OC)[C@H](O)[C@@H](O)[C@@H]1O. The average Bonchev–Trinajstić information content (AvgIpc) is 3.17. The van der Waals surface area contributed by atoms with Gasteiger partial charge in [-0.1, -0.05) is 139 Å². The molecule has 1 heterocycles. The Labute approximate surface area is 318 Å². The maximum Gasteiger partial charge on any atom is 0.411 e. The summed E-state index contributed by atoms with van der Waals surface area (Å²) in [6.07, 6.45) is 15.0. The number of aliphatic hydroxyl groups excluding tert-OH is 3. The smallest absolute Gasteiger partial charge is 0.411 e. The van der Waals surface area contributed by atoms with Crippen molar-refractivity contribution in [2.24, 2.45) is 0 Å². The normalized spacial score (nSPS) is 19.9. The molecule has 2 aromatic rings. The van der Waals surface area contributed by atoms with Gasteiger partial charge in [0.1, 0.15) is 31.0 Å². The summed E-state index contributed by atoms with van der Waals surface area (Å²) < 4.78 is 16.3. The summed E-state index contributed by atoms with van der Waals surface area (Å²) in [5.74, 6) is -0.000324. The number of carbonyl (C=O) groups is 2. The van der Waals surface area contributed by atoms with E-state index in [1.807, 2.05) is 54.6 Å². The van der Waals surface area contributed by atoms with Gasteiger partial charge in [-0.25, -0.2) is 4.79 Å². The molecule has 4 N–H and O–H groups in total. The van der Waals surface area contributed by atoms with Crippen LogP contribution in [0.1, 0.15) is 134 Å². The quantitative estimate of drug-likeness (QED) is 0.0672. The number of anilines is 1. The van der Waals surface area contributed by atoms with Crippen LogP contribution in [0.25, 0.3) is 0 Å². The van der Waals surface area contributed by atoms with Crippen LogP contribution in [0.2, 0.25) is 0 Å². The van der Waals surface area contributed by atoms with E-state index in [-0.39, 0.29) is 19.1 Å². The third kappa shape index (κ3) is 17.8. The van der Waals surface area contributed by atoms with E-state index in [0.717, 1.165) is 49.7 Å². The van der Waals surface area contributed by atoms with Crippen molar-refractivity contribution in [1.82, 2.24) is 4.90 Å². The van der Waals surface area contributed by atoms with Gasteiger partial charge in [0.2, 0.25) is 5.91 Å². The molecule has 0 bridgehead atoms. The van der Waals surface area contributed by atoms with Gasteiger partial charge in [-0.15, -0.1) is 0 Å². The Balaban J connectivity index is 1.38. The van der Waals surface area contributed by atoms with E-state index in [9.17, 15) is 24.9 Å². The van der Waals surface area contributed by atoms with Crippen LogP contribution in [-0.2, 0) is 32.0 Å². The van der Waals surface area contributed by atoms with E-state index in [2.05, 4.69) is 12.2 Å². The van der Waals surface area contributed by atoms with Crippen LogP contribution in [0.3, 0.4) is 0 Å². The lowest BCUT2D eigenvalue weighted by atomic mass is 9.98. The van der Waals surface area contributed by atoms with Crippen molar-refractivity contribution >= 4 is 17.7 Å². The number of nitrogens with one attached hydrogen (secondary N) is 1. The molecule has 0 aromatic heterocycles. The summed E-state index contributed by atoms with van der Waals surface area (Å²) in [6.45, 7) is 3.04. The van der Waals surface area contributed by atoms with Crippen molar-refractivity contribution in [3.8, 4) is 0 Å². The van der Waals surface area contributed by atoms with E-state index >= 15 is 0 Å².